The van der Waals surface area contributed by atoms with Crippen molar-refractivity contribution >= 4 is 11.9 Å². The fourth-order valence-corrected chi connectivity index (χ4v) is 4.28. The van der Waals surface area contributed by atoms with E-state index in [1.54, 1.807) is 38.5 Å². The molecule has 2 heterocycles. The summed E-state index contributed by atoms with van der Waals surface area (Å²) in [6.45, 7) is 3.83. The number of rotatable bonds is 5. The minimum atomic E-state index is -0.217. The lowest BCUT2D eigenvalue weighted by atomic mass is 10.0. The van der Waals surface area contributed by atoms with Crippen LogP contribution < -0.4 is 24.2 Å². The number of fused-ring (bicyclic) bond motifs is 1. The number of allylic oxidation sites excluding steroid dienone is 1. The predicted molar refractivity (Wildman–Crippen MR) is 111 cm³/mol. The number of benzene rings is 2. The van der Waals surface area contributed by atoms with E-state index in [2.05, 4.69) is 6.92 Å². The number of nitrogens with one attached hydrogen (secondary N) is 1. The van der Waals surface area contributed by atoms with Gasteiger partial charge in [0.2, 0.25) is 5.78 Å². The highest BCUT2D eigenvalue weighted by atomic mass is 16.5. The molecule has 2 aromatic rings. The summed E-state index contributed by atoms with van der Waals surface area (Å²) in [5.74, 6) is 1.55. The van der Waals surface area contributed by atoms with Crippen LogP contribution in [0.5, 0.6) is 23.0 Å². The van der Waals surface area contributed by atoms with E-state index in [0.717, 1.165) is 19.4 Å². The van der Waals surface area contributed by atoms with Crippen molar-refractivity contribution in [2.45, 2.75) is 38.8 Å². The third-order valence-electron chi connectivity index (χ3n) is 6.11. The number of hydrogen-bond donors (Lipinski definition) is 1. The number of methoxy groups -OCH3 is 2. The van der Waals surface area contributed by atoms with Gasteiger partial charge in [-0.15, -0.1) is 0 Å². The second kappa shape index (κ2) is 8.40. The minimum absolute atomic E-state index is 0.0740. The average molecular weight is 409 g/mol. The number of carbonyl (C=O) groups is 1. The molecular formula is C24H27NO5. The molecule has 6 heteroatoms. The fraction of sp³-hybridized carbons (Fsp3) is 0.375. The minimum Gasteiger partial charge on any atom is -0.872 e. The molecule has 0 saturated carbocycles. The van der Waals surface area contributed by atoms with Crippen LogP contribution in [0.3, 0.4) is 0 Å². The van der Waals surface area contributed by atoms with E-state index in [-0.39, 0.29) is 17.3 Å². The molecular weight excluding hydrogens is 382 g/mol. The van der Waals surface area contributed by atoms with Crippen LogP contribution in [0.15, 0.2) is 36.1 Å². The summed E-state index contributed by atoms with van der Waals surface area (Å²) in [6.07, 6.45) is 5.20. The first-order valence-electron chi connectivity index (χ1n) is 10.4. The molecule has 1 fully saturated rings. The summed E-state index contributed by atoms with van der Waals surface area (Å²) in [7, 11) is 3.15. The van der Waals surface area contributed by atoms with Crippen LogP contribution in [-0.2, 0) is 6.54 Å². The number of piperidine rings is 1. The van der Waals surface area contributed by atoms with Gasteiger partial charge in [-0.25, -0.2) is 0 Å². The molecule has 4 rings (SSSR count). The van der Waals surface area contributed by atoms with Crippen LogP contribution in [0, 0.1) is 0 Å². The van der Waals surface area contributed by atoms with E-state index in [9.17, 15) is 9.90 Å². The molecule has 2 aliphatic heterocycles. The molecule has 1 N–H and O–H groups in total. The lowest BCUT2D eigenvalue weighted by Crippen LogP contribution is -3.14. The molecule has 0 bridgehead atoms. The van der Waals surface area contributed by atoms with E-state index in [1.807, 2.05) is 6.07 Å². The van der Waals surface area contributed by atoms with Crippen molar-refractivity contribution in [3.63, 3.8) is 0 Å². The Morgan fingerprint density at radius 2 is 2.03 bits per heavy atom. The molecule has 0 amide bonds. The van der Waals surface area contributed by atoms with Crippen molar-refractivity contribution < 1.29 is 29.0 Å². The highest BCUT2D eigenvalue weighted by Crippen LogP contribution is 2.39. The maximum absolute atomic E-state index is 13.0. The SMILES string of the molecule is COc1ccc(/C=C2\Oc3c(ccc([O-])c3C[NH+]3CCCCC3C)C2=O)c(OC)c1. The predicted octanol–water partition coefficient (Wildman–Crippen LogP) is 2.35. The number of Topliss-reactive ketones (excluding diaryl/α,β-unsaturated/α-hetero) is 1. The first kappa shape index (κ1) is 20.3. The molecule has 0 aromatic heterocycles. The van der Waals surface area contributed by atoms with Gasteiger partial charge in [-0.1, -0.05) is 11.8 Å². The summed E-state index contributed by atoms with van der Waals surface area (Å²) < 4.78 is 16.6. The van der Waals surface area contributed by atoms with Crippen molar-refractivity contribution in [3.05, 3.63) is 52.8 Å². The molecule has 0 spiro atoms. The number of ether oxygens (including phenoxy) is 3. The third-order valence-corrected chi connectivity index (χ3v) is 6.11. The zero-order valence-electron chi connectivity index (χ0n) is 17.6. The lowest BCUT2D eigenvalue weighted by molar-refractivity contribution is -0.942. The van der Waals surface area contributed by atoms with Crippen LogP contribution in [0.25, 0.3) is 6.08 Å². The Morgan fingerprint density at radius 3 is 2.77 bits per heavy atom. The summed E-state index contributed by atoms with van der Waals surface area (Å²) in [4.78, 5) is 14.3. The molecule has 0 radical (unpaired) electrons. The van der Waals surface area contributed by atoms with Crippen molar-refractivity contribution in [2.75, 3.05) is 20.8 Å². The van der Waals surface area contributed by atoms with E-state index in [1.165, 1.54) is 17.4 Å². The summed E-state index contributed by atoms with van der Waals surface area (Å²) in [6, 6.07) is 8.91. The monoisotopic (exact) mass is 409 g/mol. The van der Waals surface area contributed by atoms with Crippen molar-refractivity contribution in [3.8, 4) is 23.0 Å². The van der Waals surface area contributed by atoms with E-state index in [0.29, 0.717) is 46.5 Å². The largest absolute Gasteiger partial charge is 0.872 e. The van der Waals surface area contributed by atoms with Crippen molar-refractivity contribution in [1.29, 1.82) is 0 Å². The van der Waals surface area contributed by atoms with Crippen LogP contribution in [0.4, 0.5) is 0 Å². The Bertz CT molecular complexity index is 997. The van der Waals surface area contributed by atoms with Gasteiger partial charge < -0.3 is 24.2 Å². The quantitative estimate of drug-likeness (QED) is 0.768. The van der Waals surface area contributed by atoms with Gasteiger partial charge >= 0.3 is 0 Å². The standard InChI is InChI=1S/C24H27NO5/c1-15-6-4-5-11-25(15)14-19-20(26)10-9-18-23(27)22(30-24(18)19)12-16-7-8-17(28-2)13-21(16)29-3/h7-10,12-13,15,26H,4-6,11,14H2,1-3H3/b22-12-. The van der Waals surface area contributed by atoms with Gasteiger partial charge in [0.05, 0.1) is 32.4 Å². The lowest BCUT2D eigenvalue weighted by Gasteiger charge is -2.31. The summed E-state index contributed by atoms with van der Waals surface area (Å²) in [5.41, 5.74) is 1.75. The normalized spacial score (nSPS) is 22.0. The second-order valence-corrected chi connectivity index (χ2v) is 7.95. The Labute approximate surface area is 176 Å². The van der Waals surface area contributed by atoms with Crippen LogP contribution in [-0.4, -0.2) is 32.6 Å². The van der Waals surface area contributed by atoms with Gasteiger partial charge in [0.1, 0.15) is 23.8 Å². The molecule has 6 nitrogen and oxygen atoms in total. The van der Waals surface area contributed by atoms with Gasteiger partial charge in [0.15, 0.2) is 5.76 Å². The number of carbonyl (C=O) groups excluding carboxylic acids is 1. The molecule has 30 heavy (non-hydrogen) atoms. The zero-order chi connectivity index (χ0) is 21.3. The highest BCUT2D eigenvalue weighted by Gasteiger charge is 2.32. The number of quaternary nitrogens is 1. The first-order chi connectivity index (χ1) is 14.5. The van der Waals surface area contributed by atoms with Gasteiger partial charge in [-0.05, 0) is 50.5 Å². The molecule has 1 saturated heterocycles. The Kier molecular flexibility index (Phi) is 5.68. The maximum Gasteiger partial charge on any atom is 0.231 e. The molecule has 2 atom stereocenters. The molecule has 2 unspecified atom stereocenters. The van der Waals surface area contributed by atoms with Gasteiger partial charge in [0.25, 0.3) is 0 Å². The highest BCUT2D eigenvalue weighted by molar-refractivity contribution is 6.15. The fourth-order valence-electron chi connectivity index (χ4n) is 4.28. The van der Waals surface area contributed by atoms with Crippen molar-refractivity contribution in [2.24, 2.45) is 0 Å². The van der Waals surface area contributed by atoms with E-state index >= 15 is 0 Å². The maximum atomic E-state index is 13.0. The van der Waals surface area contributed by atoms with E-state index < -0.39 is 0 Å². The first-order valence-corrected chi connectivity index (χ1v) is 10.4. The molecule has 2 aromatic carbocycles. The second-order valence-electron chi connectivity index (χ2n) is 7.95. The number of ketones is 1. The average Bonchev–Trinajstić information content (AvgIpc) is 3.07. The topological polar surface area (TPSA) is 72.3 Å². The Balaban J connectivity index is 1.67. The van der Waals surface area contributed by atoms with Gasteiger partial charge in [-0.3, -0.25) is 4.79 Å². The van der Waals surface area contributed by atoms with E-state index in [4.69, 9.17) is 14.2 Å². The molecule has 2 aliphatic rings. The smallest absolute Gasteiger partial charge is 0.231 e. The summed E-state index contributed by atoms with van der Waals surface area (Å²) in [5, 5.41) is 12.6. The summed E-state index contributed by atoms with van der Waals surface area (Å²) >= 11 is 0. The Morgan fingerprint density at radius 1 is 1.20 bits per heavy atom. The number of likely N-dealkylation sites (tertiary alicyclic amines) is 1. The molecule has 0 aliphatic carbocycles. The number of hydrogen-bond acceptors (Lipinski definition) is 5. The van der Waals surface area contributed by atoms with Crippen LogP contribution in [0.2, 0.25) is 0 Å². The van der Waals surface area contributed by atoms with Crippen LogP contribution >= 0.6 is 0 Å². The van der Waals surface area contributed by atoms with Crippen molar-refractivity contribution in [1.82, 2.24) is 0 Å². The third kappa shape index (κ3) is 3.75. The Hall–Kier alpha value is -2.99. The van der Waals surface area contributed by atoms with Gasteiger partial charge in [-0.2, -0.15) is 0 Å². The zero-order valence-corrected chi connectivity index (χ0v) is 17.6. The molecule has 158 valence electrons. The van der Waals surface area contributed by atoms with Crippen LogP contribution in [0.1, 0.15) is 47.7 Å². The van der Waals surface area contributed by atoms with Gasteiger partial charge in [0, 0.05) is 17.2 Å².